The monoisotopic (exact) mass is 361 g/mol. The molecule has 3 rings (SSSR count). The quantitative estimate of drug-likeness (QED) is 0.513. The number of rotatable bonds is 7. The predicted octanol–water partition coefficient (Wildman–Crippen LogP) is 3.68. The molecule has 7 heteroatoms. The molecular weight excluding hydrogens is 342 g/mol. The molecule has 0 aromatic carbocycles. The van der Waals surface area contributed by atoms with Gasteiger partial charge in [-0.15, -0.1) is 0 Å². The summed E-state index contributed by atoms with van der Waals surface area (Å²) in [5.74, 6) is 0.686. The summed E-state index contributed by atoms with van der Waals surface area (Å²) in [6.45, 7) is 2.91. The van der Waals surface area contributed by atoms with Gasteiger partial charge >= 0.3 is 0 Å². The second-order valence-corrected chi connectivity index (χ2v) is 5.96. The van der Waals surface area contributed by atoms with Crippen molar-refractivity contribution < 1.29 is 14.2 Å². The standard InChI is InChI=1S/C18H20ClN3O3/c1-11-13(4-5-16(19)22-11)17(24-3)15-10-21-18-14(15)8-12(9-20-18)25-7-6-23-2/h4-5,8-10,17H,6-7H2,1-3H3,(H,20,21). The van der Waals surface area contributed by atoms with Crippen LogP contribution >= 0.6 is 11.6 Å². The maximum absolute atomic E-state index is 5.97. The summed E-state index contributed by atoms with van der Waals surface area (Å²) in [5, 5.41) is 1.40. The number of aryl methyl sites for hydroxylation is 1. The predicted molar refractivity (Wildman–Crippen MR) is 96.3 cm³/mol. The highest BCUT2D eigenvalue weighted by atomic mass is 35.5. The maximum atomic E-state index is 5.97. The molecule has 1 N–H and O–H groups in total. The van der Waals surface area contributed by atoms with Gasteiger partial charge < -0.3 is 19.2 Å². The third-order valence-corrected chi connectivity index (χ3v) is 4.20. The lowest BCUT2D eigenvalue weighted by atomic mass is 10.0. The molecule has 0 aliphatic heterocycles. The second-order valence-electron chi connectivity index (χ2n) is 5.58. The van der Waals surface area contributed by atoms with Crippen molar-refractivity contribution in [2.75, 3.05) is 27.4 Å². The van der Waals surface area contributed by atoms with E-state index in [-0.39, 0.29) is 6.10 Å². The van der Waals surface area contributed by atoms with Gasteiger partial charge in [0.15, 0.2) is 0 Å². The summed E-state index contributed by atoms with van der Waals surface area (Å²) in [6, 6.07) is 5.65. The Kier molecular flexibility index (Phi) is 5.53. The minimum Gasteiger partial charge on any atom is -0.490 e. The number of H-pyrrole nitrogens is 1. The minimum atomic E-state index is -0.283. The maximum Gasteiger partial charge on any atom is 0.138 e. The number of aromatic nitrogens is 3. The Morgan fingerprint density at radius 2 is 2.04 bits per heavy atom. The molecule has 0 amide bonds. The SMILES string of the molecule is COCCOc1cnc2[nH]cc(C(OC)c3ccc(Cl)nc3C)c2c1. The molecule has 132 valence electrons. The molecule has 0 radical (unpaired) electrons. The Bertz CT molecular complexity index is 866. The van der Waals surface area contributed by atoms with Gasteiger partial charge in [0.25, 0.3) is 0 Å². The number of ether oxygens (including phenoxy) is 3. The van der Waals surface area contributed by atoms with E-state index < -0.39 is 0 Å². The van der Waals surface area contributed by atoms with Gasteiger partial charge in [-0.2, -0.15) is 0 Å². The fraction of sp³-hybridized carbons (Fsp3) is 0.333. The van der Waals surface area contributed by atoms with Gasteiger partial charge in [-0.05, 0) is 19.1 Å². The molecule has 0 saturated heterocycles. The molecule has 0 bridgehead atoms. The number of halogens is 1. The molecule has 0 aliphatic carbocycles. The van der Waals surface area contributed by atoms with Gasteiger partial charge in [0.2, 0.25) is 0 Å². The van der Waals surface area contributed by atoms with Crippen LogP contribution in [0.3, 0.4) is 0 Å². The van der Waals surface area contributed by atoms with E-state index in [2.05, 4.69) is 15.0 Å². The summed E-state index contributed by atoms with van der Waals surface area (Å²) in [5.41, 5.74) is 3.53. The van der Waals surface area contributed by atoms with E-state index in [1.165, 1.54) is 0 Å². The molecule has 0 spiro atoms. The zero-order valence-corrected chi connectivity index (χ0v) is 15.1. The average Bonchev–Trinajstić information content (AvgIpc) is 3.01. The van der Waals surface area contributed by atoms with E-state index in [0.29, 0.717) is 24.1 Å². The fourth-order valence-electron chi connectivity index (χ4n) is 2.78. The molecule has 0 aliphatic rings. The Hall–Kier alpha value is -2.15. The molecule has 3 heterocycles. The third kappa shape index (κ3) is 3.76. The van der Waals surface area contributed by atoms with E-state index in [0.717, 1.165) is 27.9 Å². The van der Waals surface area contributed by atoms with Gasteiger partial charge in [-0.1, -0.05) is 17.7 Å². The van der Waals surface area contributed by atoms with E-state index in [9.17, 15) is 0 Å². The van der Waals surface area contributed by atoms with Crippen LogP contribution in [0.4, 0.5) is 0 Å². The van der Waals surface area contributed by atoms with E-state index in [1.807, 2.05) is 25.3 Å². The van der Waals surface area contributed by atoms with Gasteiger partial charge in [0.05, 0.1) is 12.8 Å². The number of hydrogen-bond donors (Lipinski definition) is 1. The van der Waals surface area contributed by atoms with Crippen molar-refractivity contribution in [2.45, 2.75) is 13.0 Å². The van der Waals surface area contributed by atoms with Crippen LogP contribution < -0.4 is 4.74 Å². The number of methoxy groups -OCH3 is 2. The van der Waals surface area contributed by atoms with Crippen LogP contribution in [0.5, 0.6) is 5.75 Å². The summed E-state index contributed by atoms with van der Waals surface area (Å²) in [4.78, 5) is 11.9. The van der Waals surface area contributed by atoms with Gasteiger partial charge in [0.1, 0.15) is 29.3 Å². The van der Waals surface area contributed by atoms with E-state index in [1.54, 1.807) is 26.5 Å². The first kappa shape index (κ1) is 17.7. The number of aromatic amines is 1. The van der Waals surface area contributed by atoms with Gasteiger partial charge in [-0.25, -0.2) is 9.97 Å². The van der Waals surface area contributed by atoms with E-state index in [4.69, 9.17) is 25.8 Å². The first-order valence-corrected chi connectivity index (χ1v) is 8.26. The molecule has 0 saturated carbocycles. The number of fused-ring (bicyclic) bond motifs is 1. The van der Waals surface area contributed by atoms with Crippen molar-refractivity contribution in [3.05, 3.63) is 52.6 Å². The highest BCUT2D eigenvalue weighted by Gasteiger charge is 2.21. The molecule has 3 aromatic heterocycles. The normalized spacial score (nSPS) is 12.5. The zero-order chi connectivity index (χ0) is 17.8. The van der Waals surface area contributed by atoms with Gasteiger partial charge in [-0.3, -0.25) is 0 Å². The van der Waals surface area contributed by atoms with Crippen LogP contribution in [0, 0.1) is 6.92 Å². The lowest BCUT2D eigenvalue weighted by Gasteiger charge is -2.17. The van der Waals surface area contributed by atoms with Crippen LogP contribution in [-0.4, -0.2) is 42.4 Å². The summed E-state index contributed by atoms with van der Waals surface area (Å²) in [6.07, 6.45) is 3.31. The number of hydrogen-bond acceptors (Lipinski definition) is 5. The Labute approximate surface area is 151 Å². The van der Waals surface area contributed by atoms with Crippen molar-refractivity contribution in [1.29, 1.82) is 0 Å². The fourth-order valence-corrected chi connectivity index (χ4v) is 2.97. The van der Waals surface area contributed by atoms with Crippen LogP contribution in [0.25, 0.3) is 11.0 Å². The number of nitrogens with one attached hydrogen (secondary N) is 1. The van der Waals surface area contributed by atoms with Gasteiger partial charge in [0, 0.05) is 42.6 Å². The Balaban J connectivity index is 1.99. The van der Waals surface area contributed by atoms with Crippen LogP contribution in [0.15, 0.2) is 30.6 Å². The van der Waals surface area contributed by atoms with Crippen LogP contribution in [0.1, 0.15) is 22.9 Å². The molecule has 3 aromatic rings. The summed E-state index contributed by atoms with van der Waals surface area (Å²) < 4.78 is 16.4. The third-order valence-electron chi connectivity index (χ3n) is 3.99. The molecule has 6 nitrogen and oxygen atoms in total. The minimum absolute atomic E-state index is 0.283. The highest BCUT2D eigenvalue weighted by molar-refractivity contribution is 6.29. The summed E-state index contributed by atoms with van der Waals surface area (Å²) in [7, 11) is 3.31. The molecular formula is C18H20ClN3O3. The second kappa shape index (κ2) is 7.82. The molecule has 0 fully saturated rings. The Morgan fingerprint density at radius 1 is 1.20 bits per heavy atom. The number of nitrogens with zero attached hydrogens (tertiary/aromatic N) is 2. The first-order valence-electron chi connectivity index (χ1n) is 7.88. The smallest absolute Gasteiger partial charge is 0.138 e. The largest absolute Gasteiger partial charge is 0.490 e. The number of pyridine rings is 2. The van der Waals surface area contributed by atoms with Crippen molar-refractivity contribution in [3.63, 3.8) is 0 Å². The average molecular weight is 362 g/mol. The zero-order valence-electron chi connectivity index (χ0n) is 14.4. The molecule has 25 heavy (non-hydrogen) atoms. The lowest BCUT2D eigenvalue weighted by molar-refractivity contribution is 0.136. The van der Waals surface area contributed by atoms with Crippen molar-refractivity contribution >= 4 is 22.6 Å². The first-order chi connectivity index (χ1) is 12.1. The van der Waals surface area contributed by atoms with Crippen molar-refractivity contribution in [1.82, 2.24) is 15.0 Å². The van der Waals surface area contributed by atoms with Crippen molar-refractivity contribution in [3.8, 4) is 5.75 Å². The summed E-state index contributed by atoms with van der Waals surface area (Å²) >= 11 is 5.97. The topological polar surface area (TPSA) is 69.3 Å². The van der Waals surface area contributed by atoms with Crippen molar-refractivity contribution in [2.24, 2.45) is 0 Å². The van der Waals surface area contributed by atoms with Crippen LogP contribution in [0.2, 0.25) is 5.15 Å². The van der Waals surface area contributed by atoms with E-state index >= 15 is 0 Å². The van der Waals surface area contributed by atoms with Crippen LogP contribution in [-0.2, 0) is 9.47 Å². The molecule has 1 atom stereocenters. The Morgan fingerprint density at radius 3 is 2.76 bits per heavy atom. The lowest BCUT2D eigenvalue weighted by Crippen LogP contribution is -2.07. The highest BCUT2D eigenvalue weighted by Crippen LogP contribution is 2.33. The molecule has 1 unspecified atom stereocenters.